The highest BCUT2D eigenvalue weighted by atomic mass is 16.3. The van der Waals surface area contributed by atoms with Gasteiger partial charge in [-0.15, -0.1) is 0 Å². The molecular formula is C17H19N3O5. The van der Waals surface area contributed by atoms with Gasteiger partial charge in [0.05, 0.1) is 18.1 Å². The Bertz CT molecular complexity index is 730. The minimum Gasteiger partial charge on any atom is -0.472 e. The Morgan fingerprint density at radius 3 is 2.40 bits per heavy atom. The number of rotatable bonds is 4. The molecule has 8 heteroatoms. The van der Waals surface area contributed by atoms with E-state index in [0.717, 1.165) is 0 Å². The highest BCUT2D eigenvalue weighted by molar-refractivity contribution is 5.96. The maximum absolute atomic E-state index is 12.5. The molecule has 1 atom stereocenters. The van der Waals surface area contributed by atoms with Gasteiger partial charge in [-0.05, 0) is 25.1 Å². The standard InChI is InChI=1S/C17H19N3O5/c1-12(18-15(21)14-3-2-9-25-14)16(22)19-5-7-20(8-6-19)17(23)13-4-10-24-11-13/h2-4,9-12H,5-8H2,1H3,(H,18,21). The lowest BCUT2D eigenvalue weighted by atomic mass is 10.2. The van der Waals surface area contributed by atoms with E-state index < -0.39 is 11.9 Å². The number of carbonyl (C=O) groups is 3. The van der Waals surface area contributed by atoms with Gasteiger partial charge in [-0.3, -0.25) is 14.4 Å². The number of hydrogen-bond acceptors (Lipinski definition) is 5. The van der Waals surface area contributed by atoms with E-state index in [1.54, 1.807) is 28.9 Å². The molecule has 0 aliphatic carbocycles. The molecule has 1 aliphatic rings. The van der Waals surface area contributed by atoms with Crippen LogP contribution < -0.4 is 5.32 Å². The molecule has 0 saturated carbocycles. The molecule has 1 aliphatic heterocycles. The van der Waals surface area contributed by atoms with E-state index in [1.807, 2.05) is 0 Å². The van der Waals surface area contributed by atoms with E-state index in [2.05, 4.69) is 5.32 Å². The zero-order chi connectivity index (χ0) is 17.8. The van der Waals surface area contributed by atoms with Gasteiger partial charge in [0.25, 0.3) is 11.8 Å². The zero-order valence-electron chi connectivity index (χ0n) is 13.8. The van der Waals surface area contributed by atoms with Crippen LogP contribution in [-0.2, 0) is 4.79 Å². The molecule has 1 fully saturated rings. The Balaban J connectivity index is 1.51. The van der Waals surface area contributed by atoms with E-state index >= 15 is 0 Å². The largest absolute Gasteiger partial charge is 0.472 e. The lowest BCUT2D eigenvalue weighted by molar-refractivity contribution is -0.134. The van der Waals surface area contributed by atoms with Gasteiger partial charge in [0, 0.05) is 26.2 Å². The van der Waals surface area contributed by atoms with Crippen LogP contribution in [0.25, 0.3) is 0 Å². The van der Waals surface area contributed by atoms with Crippen LogP contribution in [0.1, 0.15) is 27.8 Å². The maximum Gasteiger partial charge on any atom is 0.287 e. The van der Waals surface area contributed by atoms with Crippen molar-refractivity contribution in [2.24, 2.45) is 0 Å². The second kappa shape index (κ2) is 7.25. The first-order valence-corrected chi connectivity index (χ1v) is 8.01. The highest BCUT2D eigenvalue weighted by Crippen LogP contribution is 2.10. The van der Waals surface area contributed by atoms with E-state index in [9.17, 15) is 14.4 Å². The van der Waals surface area contributed by atoms with Crippen LogP contribution in [0.4, 0.5) is 0 Å². The highest BCUT2D eigenvalue weighted by Gasteiger charge is 2.28. The van der Waals surface area contributed by atoms with Gasteiger partial charge in [0.15, 0.2) is 5.76 Å². The molecule has 132 valence electrons. The summed E-state index contributed by atoms with van der Waals surface area (Å²) < 4.78 is 9.93. The summed E-state index contributed by atoms with van der Waals surface area (Å²) in [7, 11) is 0. The molecule has 0 spiro atoms. The van der Waals surface area contributed by atoms with Crippen molar-refractivity contribution in [3.63, 3.8) is 0 Å². The van der Waals surface area contributed by atoms with Crippen molar-refractivity contribution >= 4 is 17.7 Å². The summed E-state index contributed by atoms with van der Waals surface area (Å²) in [6.45, 7) is 3.35. The van der Waals surface area contributed by atoms with Crippen LogP contribution >= 0.6 is 0 Å². The monoisotopic (exact) mass is 345 g/mol. The average Bonchev–Trinajstić information content (AvgIpc) is 3.33. The third kappa shape index (κ3) is 3.73. The van der Waals surface area contributed by atoms with Gasteiger partial charge in [-0.25, -0.2) is 0 Å². The normalized spacial score (nSPS) is 15.7. The van der Waals surface area contributed by atoms with E-state index in [1.165, 1.54) is 24.9 Å². The Kier molecular flexibility index (Phi) is 4.87. The van der Waals surface area contributed by atoms with Crippen molar-refractivity contribution in [2.45, 2.75) is 13.0 Å². The van der Waals surface area contributed by atoms with Gasteiger partial charge in [0.1, 0.15) is 12.3 Å². The topological polar surface area (TPSA) is 96.0 Å². The van der Waals surface area contributed by atoms with E-state index in [-0.39, 0.29) is 17.6 Å². The van der Waals surface area contributed by atoms with Crippen molar-refractivity contribution in [1.82, 2.24) is 15.1 Å². The van der Waals surface area contributed by atoms with Gasteiger partial charge < -0.3 is 24.0 Å². The molecule has 1 saturated heterocycles. The fraction of sp³-hybridized carbons (Fsp3) is 0.353. The van der Waals surface area contributed by atoms with E-state index in [4.69, 9.17) is 8.83 Å². The number of carbonyl (C=O) groups excluding carboxylic acids is 3. The zero-order valence-corrected chi connectivity index (χ0v) is 13.8. The molecule has 3 amide bonds. The predicted molar refractivity (Wildman–Crippen MR) is 86.8 cm³/mol. The van der Waals surface area contributed by atoms with Crippen LogP contribution in [0, 0.1) is 0 Å². The number of hydrogen-bond donors (Lipinski definition) is 1. The number of nitrogens with zero attached hydrogens (tertiary/aromatic N) is 2. The molecule has 2 aromatic heterocycles. The molecule has 8 nitrogen and oxygen atoms in total. The SMILES string of the molecule is CC(NC(=O)c1ccco1)C(=O)N1CCN(C(=O)c2ccoc2)CC1. The van der Waals surface area contributed by atoms with Crippen molar-refractivity contribution in [3.05, 3.63) is 48.3 Å². The smallest absolute Gasteiger partial charge is 0.287 e. The van der Waals surface area contributed by atoms with Crippen LogP contribution in [-0.4, -0.2) is 59.7 Å². The Morgan fingerprint density at radius 1 is 1.08 bits per heavy atom. The average molecular weight is 345 g/mol. The molecule has 0 bridgehead atoms. The molecule has 1 unspecified atom stereocenters. The molecule has 3 rings (SSSR count). The minimum absolute atomic E-state index is 0.111. The molecular weight excluding hydrogens is 326 g/mol. The molecule has 3 heterocycles. The number of nitrogens with one attached hydrogen (secondary N) is 1. The second-order valence-electron chi connectivity index (χ2n) is 5.80. The van der Waals surface area contributed by atoms with Crippen LogP contribution in [0.3, 0.4) is 0 Å². The third-order valence-corrected chi connectivity index (χ3v) is 4.11. The van der Waals surface area contributed by atoms with E-state index in [0.29, 0.717) is 31.7 Å². The van der Waals surface area contributed by atoms with Gasteiger partial charge in [0.2, 0.25) is 5.91 Å². The van der Waals surface area contributed by atoms with Crippen LogP contribution in [0.2, 0.25) is 0 Å². The first kappa shape index (κ1) is 16.8. The second-order valence-corrected chi connectivity index (χ2v) is 5.80. The van der Waals surface area contributed by atoms with Gasteiger partial charge >= 0.3 is 0 Å². The van der Waals surface area contributed by atoms with Crippen molar-refractivity contribution in [3.8, 4) is 0 Å². The third-order valence-electron chi connectivity index (χ3n) is 4.11. The minimum atomic E-state index is -0.672. The number of furan rings is 2. The first-order chi connectivity index (χ1) is 12.1. The fourth-order valence-corrected chi connectivity index (χ4v) is 2.71. The Labute approximate surface area is 144 Å². The molecule has 1 N–H and O–H groups in total. The fourth-order valence-electron chi connectivity index (χ4n) is 2.71. The molecule has 2 aromatic rings. The molecule has 25 heavy (non-hydrogen) atoms. The van der Waals surface area contributed by atoms with Crippen molar-refractivity contribution in [2.75, 3.05) is 26.2 Å². The summed E-state index contributed by atoms with van der Waals surface area (Å²) in [5, 5.41) is 2.62. The lowest BCUT2D eigenvalue weighted by Gasteiger charge is -2.35. The Hall–Kier alpha value is -3.03. The summed E-state index contributed by atoms with van der Waals surface area (Å²) in [5.41, 5.74) is 0.499. The predicted octanol–water partition coefficient (Wildman–Crippen LogP) is 0.975. The number of amides is 3. The Morgan fingerprint density at radius 2 is 1.80 bits per heavy atom. The summed E-state index contributed by atoms with van der Waals surface area (Å²) in [4.78, 5) is 40.0. The first-order valence-electron chi connectivity index (χ1n) is 8.01. The quantitative estimate of drug-likeness (QED) is 0.891. The van der Waals surface area contributed by atoms with Crippen molar-refractivity contribution in [1.29, 1.82) is 0 Å². The summed E-state index contributed by atoms with van der Waals surface area (Å²) >= 11 is 0. The maximum atomic E-state index is 12.5. The summed E-state index contributed by atoms with van der Waals surface area (Å²) in [6, 6.07) is 4.09. The van der Waals surface area contributed by atoms with Crippen molar-refractivity contribution < 1.29 is 23.2 Å². The lowest BCUT2D eigenvalue weighted by Crippen LogP contribution is -2.55. The van der Waals surface area contributed by atoms with Gasteiger partial charge in [-0.2, -0.15) is 0 Å². The molecule has 0 aromatic carbocycles. The summed E-state index contributed by atoms with van der Waals surface area (Å²) in [6.07, 6.45) is 4.26. The summed E-state index contributed by atoms with van der Waals surface area (Å²) in [5.74, 6) is -0.565. The van der Waals surface area contributed by atoms with Crippen LogP contribution in [0.15, 0.2) is 45.8 Å². The van der Waals surface area contributed by atoms with Crippen LogP contribution in [0.5, 0.6) is 0 Å². The van der Waals surface area contributed by atoms with Gasteiger partial charge in [-0.1, -0.05) is 0 Å². The molecule has 0 radical (unpaired) electrons. The number of piperazine rings is 1.